The monoisotopic (exact) mass is 362 g/mol. The summed E-state index contributed by atoms with van der Waals surface area (Å²) in [7, 11) is 0. The Hall–Kier alpha value is -3.48. The number of hydrogen-bond donors (Lipinski definition) is 2. The molecule has 2 aromatic rings. The van der Waals surface area contributed by atoms with Crippen LogP contribution in [-0.4, -0.2) is 22.7 Å². The lowest BCUT2D eigenvalue weighted by molar-refractivity contribution is -0.139. The molecule has 2 N–H and O–H groups in total. The first kappa shape index (κ1) is 17.0. The zero-order valence-corrected chi connectivity index (χ0v) is 14.5. The molecule has 2 unspecified atom stereocenters. The van der Waals surface area contributed by atoms with Crippen molar-refractivity contribution in [2.24, 2.45) is 11.8 Å². The Balaban J connectivity index is 1.57. The molecule has 7 nitrogen and oxygen atoms in total. The van der Waals surface area contributed by atoms with Gasteiger partial charge in [-0.2, -0.15) is 0 Å². The van der Waals surface area contributed by atoms with Crippen molar-refractivity contribution >= 4 is 29.2 Å². The number of nitrogens with zero attached hydrogens (tertiary/aromatic N) is 2. The third-order valence-corrected chi connectivity index (χ3v) is 4.80. The van der Waals surface area contributed by atoms with Gasteiger partial charge in [0.2, 0.25) is 11.8 Å². The van der Waals surface area contributed by atoms with E-state index >= 15 is 0 Å². The number of rotatable bonds is 3. The molecule has 0 bridgehead atoms. The summed E-state index contributed by atoms with van der Waals surface area (Å²) in [4.78, 5) is 41.8. The van der Waals surface area contributed by atoms with Crippen molar-refractivity contribution < 1.29 is 14.4 Å². The minimum atomic E-state index is -0.366. The molecule has 2 aliphatic rings. The SMILES string of the molecule is O=C(Nc1ccccn1)c1cccc(N2NC(=O)C3CC=CCC3C2=O)c1. The number of pyridine rings is 1. The van der Waals surface area contributed by atoms with Crippen LogP contribution >= 0.6 is 0 Å². The first-order chi connectivity index (χ1) is 13.1. The van der Waals surface area contributed by atoms with Gasteiger partial charge in [0.25, 0.3) is 5.91 Å². The van der Waals surface area contributed by atoms with Gasteiger partial charge in [-0.05, 0) is 43.2 Å². The van der Waals surface area contributed by atoms with Crippen LogP contribution in [0.25, 0.3) is 0 Å². The van der Waals surface area contributed by atoms with E-state index in [0.717, 1.165) is 0 Å². The van der Waals surface area contributed by atoms with Crippen LogP contribution in [0.5, 0.6) is 0 Å². The molecule has 0 radical (unpaired) electrons. The molecule has 0 saturated carbocycles. The quantitative estimate of drug-likeness (QED) is 0.820. The Kier molecular flexibility index (Phi) is 4.42. The van der Waals surface area contributed by atoms with Crippen molar-refractivity contribution in [2.45, 2.75) is 12.8 Å². The van der Waals surface area contributed by atoms with Gasteiger partial charge in [-0.15, -0.1) is 0 Å². The molecule has 3 amide bonds. The average molecular weight is 362 g/mol. The van der Waals surface area contributed by atoms with Crippen LogP contribution in [0.15, 0.2) is 60.8 Å². The molecule has 4 rings (SSSR count). The number of allylic oxidation sites excluding steroid dienone is 2. The molecule has 2 heterocycles. The van der Waals surface area contributed by atoms with Crippen molar-refractivity contribution in [3.8, 4) is 0 Å². The molecular weight excluding hydrogens is 344 g/mol. The first-order valence-corrected chi connectivity index (χ1v) is 8.75. The number of nitrogens with one attached hydrogen (secondary N) is 2. The topological polar surface area (TPSA) is 91.4 Å². The number of benzene rings is 1. The molecule has 136 valence electrons. The third-order valence-electron chi connectivity index (χ3n) is 4.80. The van der Waals surface area contributed by atoms with Gasteiger partial charge in [-0.25, -0.2) is 9.99 Å². The van der Waals surface area contributed by atoms with E-state index in [-0.39, 0.29) is 29.6 Å². The molecule has 7 heteroatoms. The summed E-state index contributed by atoms with van der Waals surface area (Å²) >= 11 is 0. The van der Waals surface area contributed by atoms with E-state index in [1.807, 2.05) is 12.2 Å². The summed E-state index contributed by atoms with van der Waals surface area (Å²) in [6.07, 6.45) is 6.58. The maximum atomic E-state index is 12.8. The van der Waals surface area contributed by atoms with Crippen molar-refractivity contribution in [1.82, 2.24) is 10.4 Å². The molecule has 1 aromatic carbocycles. The van der Waals surface area contributed by atoms with Crippen molar-refractivity contribution in [3.05, 3.63) is 66.4 Å². The van der Waals surface area contributed by atoms with E-state index in [1.54, 1.807) is 48.7 Å². The predicted molar refractivity (Wildman–Crippen MR) is 99.6 cm³/mol. The second-order valence-corrected chi connectivity index (χ2v) is 6.52. The number of fused-ring (bicyclic) bond motifs is 1. The van der Waals surface area contributed by atoms with E-state index in [1.165, 1.54) is 5.01 Å². The molecule has 1 aliphatic heterocycles. The number of hydrazine groups is 1. The summed E-state index contributed by atoms with van der Waals surface area (Å²) in [6.45, 7) is 0. The van der Waals surface area contributed by atoms with Gasteiger partial charge < -0.3 is 5.32 Å². The molecule has 1 saturated heterocycles. The number of hydrogen-bond acceptors (Lipinski definition) is 4. The summed E-state index contributed by atoms with van der Waals surface area (Å²) in [5.41, 5.74) is 3.48. The number of carbonyl (C=O) groups excluding carboxylic acids is 3. The van der Waals surface area contributed by atoms with Crippen molar-refractivity contribution in [1.29, 1.82) is 0 Å². The summed E-state index contributed by atoms with van der Waals surface area (Å²) < 4.78 is 0. The molecule has 2 atom stereocenters. The second kappa shape index (κ2) is 7.03. The van der Waals surface area contributed by atoms with Gasteiger partial charge in [-0.1, -0.05) is 24.3 Å². The van der Waals surface area contributed by atoms with Crippen LogP contribution in [-0.2, 0) is 9.59 Å². The number of anilines is 2. The minimum Gasteiger partial charge on any atom is -0.307 e. The average Bonchev–Trinajstić information content (AvgIpc) is 2.71. The zero-order chi connectivity index (χ0) is 18.8. The smallest absolute Gasteiger partial charge is 0.256 e. The third kappa shape index (κ3) is 3.31. The maximum absolute atomic E-state index is 12.8. The summed E-state index contributed by atoms with van der Waals surface area (Å²) in [5, 5.41) is 3.95. The maximum Gasteiger partial charge on any atom is 0.256 e. The minimum absolute atomic E-state index is 0.161. The van der Waals surface area contributed by atoms with Crippen LogP contribution in [0.2, 0.25) is 0 Å². The van der Waals surface area contributed by atoms with Gasteiger partial charge in [0, 0.05) is 11.8 Å². The fourth-order valence-electron chi connectivity index (χ4n) is 3.39. The Bertz CT molecular complexity index is 926. The first-order valence-electron chi connectivity index (χ1n) is 8.75. The number of carbonyl (C=O) groups is 3. The van der Waals surface area contributed by atoms with Crippen LogP contribution in [0, 0.1) is 11.8 Å². The largest absolute Gasteiger partial charge is 0.307 e. The second-order valence-electron chi connectivity index (χ2n) is 6.52. The normalized spacial score (nSPS) is 21.4. The predicted octanol–water partition coefficient (Wildman–Crippen LogP) is 2.29. The lowest BCUT2D eigenvalue weighted by Crippen LogP contribution is -2.59. The Morgan fingerprint density at radius 1 is 1.07 bits per heavy atom. The Labute approximate surface area is 156 Å². The van der Waals surface area contributed by atoms with Crippen molar-refractivity contribution in [2.75, 3.05) is 10.3 Å². The van der Waals surface area contributed by atoms with Crippen LogP contribution in [0.1, 0.15) is 23.2 Å². The molecule has 0 spiro atoms. The number of aromatic nitrogens is 1. The van der Waals surface area contributed by atoms with Crippen LogP contribution in [0.3, 0.4) is 0 Å². The summed E-state index contributed by atoms with van der Waals surface area (Å²) in [5.74, 6) is -0.931. The van der Waals surface area contributed by atoms with Gasteiger partial charge >= 0.3 is 0 Å². The summed E-state index contributed by atoms with van der Waals surface area (Å²) in [6, 6.07) is 11.8. The standard InChI is InChI=1S/C20H18N4O3/c25-18(22-17-10-3-4-11-21-17)13-6-5-7-14(12-13)24-20(27)16-9-2-1-8-15(16)19(26)23-24/h1-7,10-12,15-16H,8-9H2,(H,23,26)(H,21,22,25). The van der Waals surface area contributed by atoms with Gasteiger partial charge in [0.05, 0.1) is 17.5 Å². The van der Waals surface area contributed by atoms with Gasteiger partial charge in [0.1, 0.15) is 5.82 Å². The van der Waals surface area contributed by atoms with Crippen LogP contribution < -0.4 is 15.8 Å². The highest BCUT2D eigenvalue weighted by Crippen LogP contribution is 2.32. The number of amides is 3. The van der Waals surface area contributed by atoms with E-state index < -0.39 is 0 Å². The highest BCUT2D eigenvalue weighted by atomic mass is 16.2. The van der Waals surface area contributed by atoms with Crippen LogP contribution in [0.4, 0.5) is 11.5 Å². The van der Waals surface area contributed by atoms with E-state index in [9.17, 15) is 14.4 Å². The zero-order valence-electron chi connectivity index (χ0n) is 14.5. The van der Waals surface area contributed by atoms with Crippen molar-refractivity contribution in [3.63, 3.8) is 0 Å². The van der Waals surface area contributed by atoms with Gasteiger partial charge in [0.15, 0.2) is 0 Å². The molecular formula is C20H18N4O3. The van der Waals surface area contributed by atoms with Gasteiger partial charge in [-0.3, -0.25) is 19.8 Å². The fraction of sp³-hybridized carbons (Fsp3) is 0.200. The molecule has 1 aromatic heterocycles. The lowest BCUT2D eigenvalue weighted by Gasteiger charge is -2.38. The Morgan fingerprint density at radius 2 is 1.89 bits per heavy atom. The lowest BCUT2D eigenvalue weighted by atomic mass is 9.80. The highest BCUT2D eigenvalue weighted by molar-refractivity contribution is 6.07. The fourth-order valence-corrected chi connectivity index (χ4v) is 3.39. The van der Waals surface area contributed by atoms with E-state index in [2.05, 4.69) is 15.7 Å². The Morgan fingerprint density at radius 3 is 2.67 bits per heavy atom. The molecule has 1 fully saturated rings. The molecule has 27 heavy (non-hydrogen) atoms. The molecule has 1 aliphatic carbocycles. The van der Waals surface area contributed by atoms with E-state index in [0.29, 0.717) is 29.9 Å². The van der Waals surface area contributed by atoms with E-state index in [4.69, 9.17) is 0 Å². The highest BCUT2D eigenvalue weighted by Gasteiger charge is 2.42.